The lowest BCUT2D eigenvalue weighted by Crippen LogP contribution is -2.32. The van der Waals surface area contributed by atoms with Crippen LogP contribution < -0.4 is 15.0 Å². The van der Waals surface area contributed by atoms with E-state index in [0.717, 1.165) is 19.5 Å². The Bertz CT molecular complexity index is 1110. The lowest BCUT2D eigenvalue weighted by Gasteiger charge is -2.21. The van der Waals surface area contributed by atoms with Gasteiger partial charge in [-0.2, -0.15) is 4.98 Å². The minimum absolute atomic E-state index is 0.191. The quantitative estimate of drug-likeness (QED) is 0.646. The van der Waals surface area contributed by atoms with Crippen molar-refractivity contribution in [3.8, 4) is 5.88 Å². The minimum Gasteiger partial charge on any atom is -0.477 e. The van der Waals surface area contributed by atoms with Gasteiger partial charge in [-0.1, -0.05) is 0 Å². The summed E-state index contributed by atoms with van der Waals surface area (Å²) in [5.74, 6) is -0.255. The Morgan fingerprint density at radius 2 is 2.16 bits per heavy atom. The standard InChI is InChI=1S/C21H26FN7O2/c1-5-31-20-16(9-23-21(26-20)28-7-6-15(12-28)27(3)4)19(30)25-14-8-17(22)18-24-13(2)10-29(18)11-14/h8-11,15H,5-7,12H2,1-4H3,(H,25,30)/t15-/m0/s1. The molecule has 9 nitrogen and oxygen atoms in total. The molecule has 1 atom stereocenters. The average Bonchev–Trinajstić information content (AvgIpc) is 3.35. The number of rotatable bonds is 6. The van der Waals surface area contributed by atoms with Crippen LogP contribution in [0.5, 0.6) is 5.88 Å². The number of nitrogens with one attached hydrogen (secondary N) is 1. The molecule has 164 valence electrons. The fourth-order valence-electron chi connectivity index (χ4n) is 3.70. The van der Waals surface area contributed by atoms with Gasteiger partial charge < -0.3 is 24.3 Å². The summed E-state index contributed by atoms with van der Waals surface area (Å²) in [7, 11) is 4.11. The van der Waals surface area contributed by atoms with Gasteiger partial charge in [0.05, 0.1) is 18.0 Å². The molecular formula is C21H26FN7O2. The zero-order chi connectivity index (χ0) is 22.1. The van der Waals surface area contributed by atoms with Crippen LogP contribution in [0.1, 0.15) is 29.4 Å². The van der Waals surface area contributed by atoms with Gasteiger partial charge in [0.1, 0.15) is 5.56 Å². The number of hydrogen-bond donors (Lipinski definition) is 1. The lowest BCUT2D eigenvalue weighted by atomic mass is 10.2. The summed E-state index contributed by atoms with van der Waals surface area (Å²) >= 11 is 0. The van der Waals surface area contributed by atoms with E-state index in [1.165, 1.54) is 16.7 Å². The molecule has 3 aromatic heterocycles. The van der Waals surface area contributed by atoms with Gasteiger partial charge in [-0.15, -0.1) is 0 Å². The highest BCUT2D eigenvalue weighted by atomic mass is 19.1. The maximum absolute atomic E-state index is 14.3. The highest BCUT2D eigenvalue weighted by Crippen LogP contribution is 2.24. The van der Waals surface area contributed by atoms with Crippen LogP contribution in [0.2, 0.25) is 0 Å². The molecule has 1 N–H and O–H groups in total. The predicted molar refractivity (Wildman–Crippen MR) is 115 cm³/mol. The van der Waals surface area contributed by atoms with Crippen molar-refractivity contribution in [1.29, 1.82) is 0 Å². The molecule has 10 heteroatoms. The number of hydrogen-bond acceptors (Lipinski definition) is 7. The summed E-state index contributed by atoms with van der Waals surface area (Å²) in [4.78, 5) is 30.2. The van der Waals surface area contributed by atoms with Gasteiger partial charge in [-0.3, -0.25) is 4.79 Å². The number of anilines is 2. The number of imidazole rings is 1. The van der Waals surface area contributed by atoms with Gasteiger partial charge in [0.25, 0.3) is 5.91 Å². The minimum atomic E-state index is -0.521. The Balaban J connectivity index is 1.57. The number of aromatic nitrogens is 4. The summed E-state index contributed by atoms with van der Waals surface area (Å²) in [6.07, 6.45) is 5.78. The second-order valence-corrected chi connectivity index (χ2v) is 7.82. The first kappa shape index (κ1) is 21.0. The third kappa shape index (κ3) is 4.29. The number of fused-ring (bicyclic) bond motifs is 1. The fourth-order valence-corrected chi connectivity index (χ4v) is 3.70. The number of carbonyl (C=O) groups is 1. The van der Waals surface area contributed by atoms with Crippen molar-refractivity contribution in [2.75, 3.05) is 44.0 Å². The van der Waals surface area contributed by atoms with Crippen molar-refractivity contribution in [3.63, 3.8) is 0 Å². The van der Waals surface area contributed by atoms with Gasteiger partial charge in [0, 0.05) is 43.8 Å². The average molecular weight is 427 g/mol. The molecule has 1 saturated heterocycles. The van der Waals surface area contributed by atoms with Crippen molar-refractivity contribution >= 4 is 23.2 Å². The molecule has 0 radical (unpaired) electrons. The summed E-state index contributed by atoms with van der Waals surface area (Å²) in [6, 6.07) is 1.67. The number of ether oxygens (including phenoxy) is 1. The molecule has 0 unspecified atom stereocenters. The Labute approximate surface area is 179 Å². The molecule has 0 aromatic carbocycles. The molecule has 31 heavy (non-hydrogen) atoms. The Hall–Kier alpha value is -3.27. The maximum Gasteiger partial charge on any atom is 0.262 e. The highest BCUT2D eigenvalue weighted by Gasteiger charge is 2.27. The lowest BCUT2D eigenvalue weighted by molar-refractivity contribution is 0.102. The van der Waals surface area contributed by atoms with Crippen LogP contribution in [0, 0.1) is 12.7 Å². The topological polar surface area (TPSA) is 87.9 Å². The van der Waals surface area contributed by atoms with Gasteiger partial charge in [-0.05, 0) is 34.4 Å². The van der Waals surface area contributed by atoms with E-state index >= 15 is 0 Å². The molecule has 1 aliphatic rings. The van der Waals surface area contributed by atoms with Crippen molar-refractivity contribution < 1.29 is 13.9 Å². The van der Waals surface area contributed by atoms with E-state index in [9.17, 15) is 9.18 Å². The molecular weight excluding hydrogens is 401 g/mol. The number of pyridine rings is 1. The van der Waals surface area contributed by atoms with Gasteiger partial charge >= 0.3 is 0 Å². The van der Waals surface area contributed by atoms with E-state index in [2.05, 4.69) is 44.2 Å². The first-order valence-electron chi connectivity index (χ1n) is 10.2. The van der Waals surface area contributed by atoms with E-state index in [4.69, 9.17) is 4.74 Å². The summed E-state index contributed by atoms with van der Waals surface area (Å²) in [5.41, 5.74) is 1.38. The highest BCUT2D eigenvalue weighted by molar-refractivity contribution is 6.05. The van der Waals surface area contributed by atoms with Crippen LogP contribution in [0.15, 0.2) is 24.7 Å². The van der Waals surface area contributed by atoms with Crippen LogP contribution in [0.4, 0.5) is 16.0 Å². The molecule has 1 amide bonds. The number of carbonyl (C=O) groups excluding carboxylic acids is 1. The SMILES string of the molecule is CCOc1nc(N2CC[C@H](N(C)C)C2)ncc1C(=O)Nc1cc(F)c2nc(C)cn2c1. The van der Waals surface area contributed by atoms with E-state index in [1.807, 2.05) is 6.92 Å². The van der Waals surface area contributed by atoms with Crippen LogP contribution >= 0.6 is 0 Å². The first-order chi connectivity index (χ1) is 14.9. The second-order valence-electron chi connectivity index (χ2n) is 7.82. The number of aryl methyl sites for hydroxylation is 1. The third-order valence-electron chi connectivity index (χ3n) is 5.33. The monoisotopic (exact) mass is 427 g/mol. The molecule has 3 aromatic rings. The molecule has 4 rings (SSSR count). The summed E-state index contributed by atoms with van der Waals surface area (Å²) in [5, 5.41) is 2.70. The van der Waals surface area contributed by atoms with E-state index in [1.54, 1.807) is 19.3 Å². The largest absolute Gasteiger partial charge is 0.477 e. The van der Waals surface area contributed by atoms with Gasteiger partial charge in [0.2, 0.25) is 11.8 Å². The van der Waals surface area contributed by atoms with Crippen molar-refractivity contribution in [2.45, 2.75) is 26.3 Å². The third-order valence-corrected chi connectivity index (χ3v) is 5.33. The van der Waals surface area contributed by atoms with Gasteiger partial charge in [-0.25, -0.2) is 14.4 Å². The van der Waals surface area contributed by atoms with Crippen LogP contribution in [-0.2, 0) is 0 Å². The summed E-state index contributed by atoms with van der Waals surface area (Å²) < 4.78 is 21.5. The predicted octanol–water partition coefficient (Wildman–Crippen LogP) is 2.36. The Morgan fingerprint density at radius 1 is 1.35 bits per heavy atom. The zero-order valence-electron chi connectivity index (χ0n) is 18.1. The molecule has 4 heterocycles. The Kier molecular flexibility index (Phi) is 5.73. The zero-order valence-corrected chi connectivity index (χ0v) is 18.1. The molecule has 0 bridgehead atoms. The Morgan fingerprint density at radius 3 is 2.87 bits per heavy atom. The number of nitrogens with zero attached hydrogens (tertiary/aromatic N) is 6. The molecule has 0 aliphatic carbocycles. The van der Waals surface area contributed by atoms with Gasteiger partial charge in [0.15, 0.2) is 11.5 Å². The molecule has 1 aliphatic heterocycles. The van der Waals surface area contributed by atoms with Crippen molar-refractivity contribution in [1.82, 2.24) is 24.3 Å². The van der Waals surface area contributed by atoms with E-state index in [-0.39, 0.29) is 17.1 Å². The number of likely N-dealkylation sites (N-methyl/N-ethyl adjacent to an activating group) is 1. The molecule has 0 spiro atoms. The van der Waals surface area contributed by atoms with Crippen molar-refractivity contribution in [2.24, 2.45) is 0 Å². The van der Waals surface area contributed by atoms with E-state index in [0.29, 0.717) is 30.0 Å². The second kappa shape index (κ2) is 8.46. The van der Waals surface area contributed by atoms with Crippen LogP contribution in [-0.4, -0.2) is 70.0 Å². The molecule has 0 saturated carbocycles. The maximum atomic E-state index is 14.3. The number of halogens is 1. The van der Waals surface area contributed by atoms with Crippen molar-refractivity contribution in [3.05, 3.63) is 41.7 Å². The first-order valence-corrected chi connectivity index (χ1v) is 10.2. The number of amides is 1. The van der Waals surface area contributed by atoms with Crippen LogP contribution in [0.25, 0.3) is 5.65 Å². The normalized spacial score (nSPS) is 16.3. The summed E-state index contributed by atoms with van der Waals surface area (Å²) in [6.45, 7) is 5.61. The molecule has 1 fully saturated rings. The van der Waals surface area contributed by atoms with E-state index < -0.39 is 11.7 Å². The smallest absolute Gasteiger partial charge is 0.262 e. The van der Waals surface area contributed by atoms with Crippen LogP contribution in [0.3, 0.4) is 0 Å². The fraction of sp³-hybridized carbons (Fsp3) is 0.429.